The van der Waals surface area contributed by atoms with Crippen molar-refractivity contribution in [3.8, 4) is 0 Å². The Bertz CT molecular complexity index is 765. The van der Waals surface area contributed by atoms with Crippen molar-refractivity contribution in [3.63, 3.8) is 0 Å². The number of benzene rings is 1. The van der Waals surface area contributed by atoms with Crippen LogP contribution in [0.5, 0.6) is 0 Å². The first-order valence-corrected chi connectivity index (χ1v) is 7.95. The van der Waals surface area contributed by atoms with Crippen molar-refractivity contribution in [2.75, 3.05) is 18.4 Å². The number of carbonyl (C=O) groups excluding carboxylic acids is 1. The van der Waals surface area contributed by atoms with E-state index in [0.717, 1.165) is 38.1 Å². The number of amides is 1. The molecular weight excluding hydrogens is 335 g/mol. The summed E-state index contributed by atoms with van der Waals surface area (Å²) >= 11 is 0. The Labute approximate surface area is 142 Å². The summed E-state index contributed by atoms with van der Waals surface area (Å²) in [5.41, 5.74) is -0.949. The summed E-state index contributed by atoms with van der Waals surface area (Å²) in [6.45, 7) is 1.77. The zero-order valence-electron chi connectivity index (χ0n) is 13.6. The molecule has 134 valence electrons. The first kappa shape index (κ1) is 17.4. The number of hydrogen-bond acceptors (Lipinski definition) is 4. The van der Waals surface area contributed by atoms with Gasteiger partial charge in [-0.15, -0.1) is 0 Å². The van der Waals surface area contributed by atoms with Gasteiger partial charge in [0, 0.05) is 18.5 Å². The molecule has 0 radical (unpaired) electrons. The number of aromatic nitrogens is 3. The molecule has 2 N–H and O–H groups in total. The number of piperidine rings is 1. The lowest BCUT2D eigenvalue weighted by atomic mass is 9.98. The fourth-order valence-corrected chi connectivity index (χ4v) is 2.78. The number of nitrogens with one attached hydrogen (secondary N) is 2. The smallest absolute Gasteiger partial charge is 0.317 e. The Hall–Kier alpha value is -2.42. The number of carbonyl (C=O) groups is 1. The summed E-state index contributed by atoms with van der Waals surface area (Å²) in [7, 11) is 1.64. The number of anilines is 1. The molecule has 0 unspecified atom stereocenters. The average Bonchev–Trinajstić information content (AvgIpc) is 2.96. The molecular formula is C16H18F3N5O. The van der Waals surface area contributed by atoms with E-state index >= 15 is 0 Å². The Balaban J connectivity index is 1.76. The molecule has 25 heavy (non-hydrogen) atoms. The highest BCUT2D eigenvalue weighted by Crippen LogP contribution is 2.29. The lowest BCUT2D eigenvalue weighted by Crippen LogP contribution is -2.27. The van der Waals surface area contributed by atoms with Crippen molar-refractivity contribution < 1.29 is 18.0 Å². The van der Waals surface area contributed by atoms with E-state index in [2.05, 4.69) is 20.7 Å². The van der Waals surface area contributed by atoms with Crippen molar-refractivity contribution in [3.05, 3.63) is 41.2 Å². The minimum Gasteiger partial charge on any atom is -0.317 e. The van der Waals surface area contributed by atoms with E-state index in [1.807, 2.05) is 0 Å². The second kappa shape index (κ2) is 6.83. The largest absolute Gasteiger partial charge is 0.416 e. The van der Waals surface area contributed by atoms with Gasteiger partial charge in [0.15, 0.2) is 5.82 Å². The molecule has 6 nitrogen and oxygen atoms in total. The van der Waals surface area contributed by atoms with E-state index < -0.39 is 17.6 Å². The molecule has 1 aliphatic rings. The van der Waals surface area contributed by atoms with Gasteiger partial charge in [-0.05, 0) is 44.1 Å². The maximum Gasteiger partial charge on any atom is 0.416 e. The molecule has 0 spiro atoms. The third kappa shape index (κ3) is 3.98. The Kier molecular flexibility index (Phi) is 4.76. The SMILES string of the molecule is Cn1nc(C2CCNCC2)nc1NC(=O)c1cccc(C(F)(F)F)c1. The van der Waals surface area contributed by atoms with Crippen LogP contribution < -0.4 is 10.6 Å². The molecule has 1 amide bonds. The normalized spacial score (nSPS) is 16.0. The van der Waals surface area contributed by atoms with Crippen molar-refractivity contribution in [1.82, 2.24) is 20.1 Å². The lowest BCUT2D eigenvalue weighted by molar-refractivity contribution is -0.137. The summed E-state index contributed by atoms with van der Waals surface area (Å²) in [5, 5.41) is 10.1. The summed E-state index contributed by atoms with van der Waals surface area (Å²) in [4.78, 5) is 16.6. The van der Waals surface area contributed by atoms with Crippen LogP contribution in [0.2, 0.25) is 0 Å². The van der Waals surface area contributed by atoms with Gasteiger partial charge in [0.05, 0.1) is 5.56 Å². The molecule has 1 saturated heterocycles. The van der Waals surface area contributed by atoms with Crippen molar-refractivity contribution in [1.29, 1.82) is 0 Å². The van der Waals surface area contributed by atoms with Gasteiger partial charge in [0.1, 0.15) is 0 Å². The quantitative estimate of drug-likeness (QED) is 0.890. The predicted molar refractivity (Wildman–Crippen MR) is 85.2 cm³/mol. The van der Waals surface area contributed by atoms with Crippen LogP contribution in [0.15, 0.2) is 24.3 Å². The van der Waals surface area contributed by atoms with E-state index in [1.165, 1.54) is 16.8 Å². The fraction of sp³-hybridized carbons (Fsp3) is 0.438. The van der Waals surface area contributed by atoms with Crippen LogP contribution in [-0.4, -0.2) is 33.8 Å². The van der Waals surface area contributed by atoms with E-state index in [0.29, 0.717) is 5.82 Å². The summed E-state index contributed by atoms with van der Waals surface area (Å²) in [5.74, 6) is 0.421. The number of halogens is 3. The van der Waals surface area contributed by atoms with Crippen LogP contribution in [0.3, 0.4) is 0 Å². The molecule has 0 aliphatic carbocycles. The first-order chi connectivity index (χ1) is 11.8. The van der Waals surface area contributed by atoms with Gasteiger partial charge in [-0.2, -0.15) is 23.3 Å². The van der Waals surface area contributed by atoms with E-state index in [4.69, 9.17) is 0 Å². The van der Waals surface area contributed by atoms with Gasteiger partial charge in [0.2, 0.25) is 5.95 Å². The zero-order valence-corrected chi connectivity index (χ0v) is 13.6. The molecule has 0 atom stereocenters. The van der Waals surface area contributed by atoms with Crippen molar-refractivity contribution >= 4 is 11.9 Å². The Morgan fingerprint density at radius 2 is 2.04 bits per heavy atom. The number of nitrogens with zero attached hydrogens (tertiary/aromatic N) is 3. The van der Waals surface area contributed by atoms with Crippen LogP contribution in [-0.2, 0) is 13.2 Å². The number of alkyl halides is 3. The molecule has 3 rings (SSSR count). The highest BCUT2D eigenvalue weighted by Gasteiger charge is 2.31. The highest BCUT2D eigenvalue weighted by atomic mass is 19.4. The molecule has 9 heteroatoms. The molecule has 1 aromatic heterocycles. The summed E-state index contributed by atoms with van der Waals surface area (Å²) in [6.07, 6.45) is -2.68. The van der Waals surface area contributed by atoms with Crippen LogP contribution >= 0.6 is 0 Å². The summed E-state index contributed by atoms with van der Waals surface area (Å²) in [6, 6.07) is 4.28. The molecule has 1 fully saturated rings. The predicted octanol–water partition coefficient (Wildman–Crippen LogP) is 2.55. The fourth-order valence-electron chi connectivity index (χ4n) is 2.78. The van der Waals surface area contributed by atoms with Gasteiger partial charge >= 0.3 is 6.18 Å². The number of hydrogen-bond donors (Lipinski definition) is 2. The van der Waals surface area contributed by atoms with E-state index in [-0.39, 0.29) is 17.4 Å². The van der Waals surface area contributed by atoms with Gasteiger partial charge in [0.25, 0.3) is 5.91 Å². The standard InChI is InChI=1S/C16H18F3N5O/c1-24-15(21-13(23-24)10-5-7-20-8-6-10)22-14(25)11-3-2-4-12(9-11)16(17,18)19/h2-4,9-10,20H,5-8H2,1H3,(H,21,22,23,25). The average molecular weight is 353 g/mol. The number of rotatable bonds is 3. The molecule has 0 bridgehead atoms. The first-order valence-electron chi connectivity index (χ1n) is 7.95. The van der Waals surface area contributed by atoms with Crippen molar-refractivity contribution in [2.24, 2.45) is 7.05 Å². The van der Waals surface area contributed by atoms with Gasteiger partial charge in [-0.25, -0.2) is 4.68 Å². The third-order valence-electron chi connectivity index (χ3n) is 4.16. The molecule has 0 saturated carbocycles. The van der Waals surface area contributed by atoms with Crippen molar-refractivity contribution in [2.45, 2.75) is 24.9 Å². The molecule has 2 aromatic rings. The molecule has 1 aliphatic heterocycles. The van der Waals surface area contributed by atoms with Gasteiger partial charge < -0.3 is 5.32 Å². The maximum atomic E-state index is 12.8. The molecule has 2 heterocycles. The summed E-state index contributed by atoms with van der Waals surface area (Å²) < 4.78 is 39.7. The minimum absolute atomic E-state index is 0.0822. The van der Waals surface area contributed by atoms with Gasteiger partial charge in [-0.3, -0.25) is 10.1 Å². The highest BCUT2D eigenvalue weighted by molar-refractivity contribution is 6.03. The van der Waals surface area contributed by atoms with E-state index in [9.17, 15) is 18.0 Å². The monoisotopic (exact) mass is 353 g/mol. The minimum atomic E-state index is -4.50. The third-order valence-corrected chi connectivity index (χ3v) is 4.16. The second-order valence-corrected chi connectivity index (χ2v) is 5.97. The molecule has 1 aromatic carbocycles. The Morgan fingerprint density at radius 3 is 2.72 bits per heavy atom. The zero-order chi connectivity index (χ0) is 18.0. The lowest BCUT2D eigenvalue weighted by Gasteiger charge is -2.19. The Morgan fingerprint density at radius 1 is 1.32 bits per heavy atom. The van der Waals surface area contributed by atoms with Gasteiger partial charge in [-0.1, -0.05) is 6.07 Å². The second-order valence-electron chi connectivity index (χ2n) is 5.97. The van der Waals surface area contributed by atoms with Crippen LogP contribution in [0, 0.1) is 0 Å². The van der Waals surface area contributed by atoms with Crippen LogP contribution in [0.4, 0.5) is 19.1 Å². The van der Waals surface area contributed by atoms with Crippen LogP contribution in [0.1, 0.15) is 40.5 Å². The van der Waals surface area contributed by atoms with Crippen LogP contribution in [0.25, 0.3) is 0 Å². The topological polar surface area (TPSA) is 71.8 Å². The maximum absolute atomic E-state index is 12.8. The van der Waals surface area contributed by atoms with E-state index in [1.54, 1.807) is 7.05 Å². The number of aryl methyl sites for hydroxylation is 1.